The fraction of sp³-hybridized carbons (Fsp3) is 0.250. The summed E-state index contributed by atoms with van der Waals surface area (Å²) in [5.41, 5.74) is 0. The van der Waals surface area contributed by atoms with E-state index in [9.17, 15) is 0 Å². The van der Waals surface area contributed by atoms with Gasteiger partial charge in [0, 0.05) is 17.4 Å². The molecule has 4 nitrogen and oxygen atoms in total. The van der Waals surface area contributed by atoms with Gasteiger partial charge in [-0.15, -0.1) is 10.2 Å². The van der Waals surface area contributed by atoms with E-state index >= 15 is 0 Å². The van der Waals surface area contributed by atoms with Crippen LogP contribution in [-0.2, 0) is 0 Å². The van der Waals surface area contributed by atoms with Gasteiger partial charge in [0.05, 0.1) is 0 Å². The highest BCUT2D eigenvalue weighted by Crippen LogP contribution is 2.28. The predicted molar refractivity (Wildman–Crippen MR) is 60.3 cm³/mol. The van der Waals surface area contributed by atoms with Crippen LogP contribution in [-0.4, -0.2) is 0 Å². The molecule has 98 valence electrons. The van der Waals surface area contributed by atoms with E-state index in [4.69, 9.17) is 18.6 Å². The lowest BCUT2D eigenvalue weighted by molar-refractivity contribution is -2.00. The molecule has 0 bridgehead atoms. The topological polar surface area (TPSA) is 92.2 Å². The minimum atomic E-state index is -4.94. The molecule has 1 aromatic heterocycles. The second-order valence-corrected chi connectivity index (χ2v) is 5.61. The second-order valence-electron chi connectivity index (χ2n) is 3.90. The zero-order valence-corrected chi connectivity index (χ0v) is 11.5. The van der Waals surface area contributed by atoms with Crippen molar-refractivity contribution in [2.75, 3.05) is 0 Å². The fourth-order valence-electron chi connectivity index (χ4n) is 1.56. The molecular weight excluding hydrogens is 276 g/mol. The van der Waals surface area contributed by atoms with Crippen molar-refractivity contribution in [3.05, 3.63) is 40.6 Å². The van der Waals surface area contributed by atoms with Crippen molar-refractivity contribution in [1.29, 1.82) is 0 Å². The third-order valence-electron chi connectivity index (χ3n) is 2.19. The first-order valence-corrected chi connectivity index (χ1v) is 7.31. The van der Waals surface area contributed by atoms with Gasteiger partial charge in [0.1, 0.15) is 0 Å². The highest BCUT2D eigenvalue weighted by molar-refractivity contribution is 7.10. The van der Waals surface area contributed by atoms with Crippen LogP contribution in [0.4, 0.5) is 0 Å². The normalized spacial score (nSPS) is 11.3. The molecule has 0 atom stereocenters. The van der Waals surface area contributed by atoms with E-state index in [1.165, 1.54) is 15.6 Å². The Kier molecular flexibility index (Phi) is 5.40. The number of hydrogen-bond acceptors (Lipinski definition) is 4. The first kappa shape index (κ1) is 15.2. The van der Waals surface area contributed by atoms with Crippen molar-refractivity contribution in [2.45, 2.75) is 19.8 Å². The van der Waals surface area contributed by atoms with E-state index in [-0.39, 0.29) is 0 Å². The van der Waals surface area contributed by atoms with Crippen LogP contribution in [0.25, 0.3) is 10.8 Å². The van der Waals surface area contributed by atoms with E-state index < -0.39 is 10.2 Å². The quantitative estimate of drug-likeness (QED) is 0.664. The lowest BCUT2D eigenvalue weighted by Crippen LogP contribution is -2.68. The van der Waals surface area contributed by atoms with Gasteiger partial charge in [-0.3, -0.25) is 0 Å². The summed E-state index contributed by atoms with van der Waals surface area (Å²) in [7, 11) is -4.94. The molecule has 0 amide bonds. The minimum Gasteiger partial charge on any atom is -0.222 e. The van der Waals surface area contributed by atoms with Crippen molar-refractivity contribution in [2.24, 2.45) is 0 Å². The highest BCUT2D eigenvalue weighted by atomic mass is 35.7. The standard InChI is InChI=1S/C12H13S.ClHO4/c1-9(2)12-11-6-4-3-5-10(11)7-8-13-12;2-1(3,4)5/h3-9H,1-2H3;(H,2,3,4,5)/q+1;/p-1. The zero-order valence-electron chi connectivity index (χ0n) is 9.96. The number of hydrogen-bond donors (Lipinski definition) is 0. The Morgan fingerprint density at radius 1 is 1.00 bits per heavy atom. The lowest BCUT2D eigenvalue weighted by atomic mass is 10.1. The Bertz CT molecular complexity index is 499. The molecule has 0 N–H and O–H groups in total. The van der Waals surface area contributed by atoms with Crippen molar-refractivity contribution >= 4 is 22.1 Å². The summed E-state index contributed by atoms with van der Waals surface area (Å²) in [5.74, 6) is 0.621. The first-order chi connectivity index (χ1) is 8.29. The van der Waals surface area contributed by atoms with E-state index in [0.717, 1.165) is 0 Å². The Hall–Kier alpha value is -0.820. The van der Waals surface area contributed by atoms with Crippen molar-refractivity contribution < 1.29 is 28.9 Å². The number of halogens is 1. The van der Waals surface area contributed by atoms with Crippen LogP contribution >= 0.6 is 11.3 Å². The number of rotatable bonds is 1. The SMILES string of the molecule is CC(C)c1[s+]ccc2ccccc12.[O-][Cl+3]([O-])([O-])[O-]. The smallest absolute Gasteiger partial charge is 0.218 e. The molecule has 18 heavy (non-hydrogen) atoms. The van der Waals surface area contributed by atoms with Gasteiger partial charge >= 0.3 is 0 Å². The summed E-state index contributed by atoms with van der Waals surface area (Å²) in [4.78, 5) is 1.48. The largest absolute Gasteiger partial charge is 0.222 e. The Balaban J connectivity index is 0.000000280. The van der Waals surface area contributed by atoms with Gasteiger partial charge in [0.15, 0.2) is 5.38 Å². The third kappa shape index (κ3) is 5.22. The summed E-state index contributed by atoms with van der Waals surface area (Å²) in [5, 5.41) is 4.94. The van der Waals surface area contributed by atoms with Gasteiger partial charge in [-0.2, -0.15) is 0 Å². The molecule has 2 rings (SSSR count). The Morgan fingerprint density at radius 3 is 2.11 bits per heavy atom. The zero-order chi connectivity index (χ0) is 13.8. The van der Waals surface area contributed by atoms with Crippen molar-refractivity contribution in [3.8, 4) is 0 Å². The van der Waals surface area contributed by atoms with Crippen LogP contribution < -0.4 is 18.6 Å². The number of benzene rings is 1. The molecular formula is C12H13ClO4S. The van der Waals surface area contributed by atoms with Crippen molar-refractivity contribution in [1.82, 2.24) is 0 Å². The molecule has 6 heteroatoms. The molecule has 1 heterocycles. The molecule has 0 aliphatic rings. The molecule has 0 saturated heterocycles. The van der Waals surface area contributed by atoms with Crippen LogP contribution in [0.15, 0.2) is 35.7 Å². The summed E-state index contributed by atoms with van der Waals surface area (Å²) < 4.78 is 34.0. The van der Waals surface area contributed by atoms with Gasteiger partial charge in [-0.25, -0.2) is 18.6 Å². The second kappa shape index (κ2) is 6.38. The number of fused-ring (bicyclic) bond motifs is 1. The van der Waals surface area contributed by atoms with Crippen molar-refractivity contribution in [3.63, 3.8) is 0 Å². The molecule has 0 radical (unpaired) electrons. The van der Waals surface area contributed by atoms with Gasteiger partial charge in [0.2, 0.25) is 16.2 Å². The van der Waals surface area contributed by atoms with Crippen LogP contribution in [0.2, 0.25) is 0 Å². The summed E-state index contributed by atoms with van der Waals surface area (Å²) in [6.45, 7) is 4.50. The van der Waals surface area contributed by atoms with E-state index in [2.05, 4.69) is 49.6 Å². The summed E-state index contributed by atoms with van der Waals surface area (Å²) in [6.07, 6.45) is 0. The minimum absolute atomic E-state index is 0.621. The molecule has 2 aromatic rings. The molecule has 0 aliphatic carbocycles. The van der Waals surface area contributed by atoms with Crippen LogP contribution in [0.5, 0.6) is 0 Å². The van der Waals surface area contributed by atoms with Crippen LogP contribution in [0, 0.1) is 10.2 Å². The molecule has 0 spiro atoms. The van der Waals surface area contributed by atoms with Crippen LogP contribution in [0.3, 0.4) is 0 Å². The van der Waals surface area contributed by atoms with Gasteiger partial charge in [0.25, 0.3) is 0 Å². The van der Waals surface area contributed by atoms with Gasteiger partial charge < -0.3 is 0 Å². The predicted octanol–water partition coefficient (Wildman–Crippen LogP) is -0.450. The summed E-state index contributed by atoms with van der Waals surface area (Å²) in [6, 6.07) is 10.8. The summed E-state index contributed by atoms with van der Waals surface area (Å²) >= 11 is 1.85. The molecule has 1 aromatic carbocycles. The first-order valence-electron chi connectivity index (χ1n) is 5.20. The lowest BCUT2D eigenvalue weighted by Gasteiger charge is -2.17. The van der Waals surface area contributed by atoms with E-state index in [1.807, 2.05) is 11.3 Å². The Morgan fingerprint density at radius 2 is 1.56 bits per heavy atom. The fourth-order valence-corrected chi connectivity index (χ4v) is 2.50. The van der Waals surface area contributed by atoms with E-state index in [0.29, 0.717) is 5.92 Å². The molecule has 0 unspecified atom stereocenters. The molecule has 0 fully saturated rings. The van der Waals surface area contributed by atoms with Gasteiger partial charge in [-0.1, -0.05) is 32.0 Å². The molecule has 0 aliphatic heterocycles. The third-order valence-corrected chi connectivity index (χ3v) is 3.41. The van der Waals surface area contributed by atoms with Gasteiger partial charge in [-0.05, 0) is 11.5 Å². The Labute approximate surface area is 112 Å². The maximum Gasteiger partial charge on any atom is 0.218 e. The highest BCUT2D eigenvalue weighted by Gasteiger charge is 2.14. The average molecular weight is 289 g/mol. The average Bonchev–Trinajstić information content (AvgIpc) is 2.26. The monoisotopic (exact) mass is 288 g/mol. The maximum atomic E-state index is 8.49. The van der Waals surface area contributed by atoms with Crippen LogP contribution in [0.1, 0.15) is 24.6 Å². The maximum absolute atomic E-state index is 8.49. The van der Waals surface area contributed by atoms with E-state index in [1.54, 1.807) is 0 Å². The molecule has 0 saturated carbocycles.